The van der Waals surface area contributed by atoms with Gasteiger partial charge in [-0.1, -0.05) is 11.6 Å². The molecule has 0 aliphatic carbocycles. The van der Waals surface area contributed by atoms with Crippen molar-refractivity contribution in [2.24, 2.45) is 0 Å². The third-order valence-electron chi connectivity index (χ3n) is 2.54. The fourth-order valence-corrected chi connectivity index (χ4v) is 1.76. The van der Waals surface area contributed by atoms with Crippen molar-refractivity contribution in [1.29, 1.82) is 5.26 Å². The van der Waals surface area contributed by atoms with Gasteiger partial charge in [0.25, 0.3) is 0 Å². The second-order valence-corrected chi connectivity index (χ2v) is 4.18. The van der Waals surface area contributed by atoms with Crippen LogP contribution in [0.25, 0.3) is 0 Å². The molecule has 1 N–H and O–H groups in total. The van der Waals surface area contributed by atoms with E-state index in [0.717, 1.165) is 6.07 Å². The van der Waals surface area contributed by atoms with Gasteiger partial charge in [-0.2, -0.15) is 5.26 Å². The summed E-state index contributed by atoms with van der Waals surface area (Å²) in [5.41, 5.74) is 1.28. The molecule has 3 nitrogen and oxygen atoms in total. The van der Waals surface area contributed by atoms with E-state index >= 15 is 0 Å². The fourth-order valence-electron chi connectivity index (χ4n) is 1.59. The number of nitrogens with one attached hydrogen (secondary N) is 1. The molecule has 0 spiro atoms. The predicted octanol–water partition coefficient (Wildman–Crippen LogP) is 4.10. The van der Waals surface area contributed by atoms with Crippen molar-refractivity contribution >= 4 is 23.0 Å². The van der Waals surface area contributed by atoms with E-state index in [0.29, 0.717) is 22.1 Å². The zero-order valence-corrected chi connectivity index (χ0v) is 10.8. The molecule has 5 heteroatoms. The Bertz CT molecular complexity index is 652. The van der Waals surface area contributed by atoms with Crippen LogP contribution in [0.5, 0.6) is 5.75 Å². The van der Waals surface area contributed by atoms with Crippen LogP contribution in [-0.4, -0.2) is 7.11 Å². The zero-order valence-electron chi connectivity index (χ0n) is 10.1. The van der Waals surface area contributed by atoms with Crippen LogP contribution in [0.1, 0.15) is 5.56 Å². The molecule has 0 atom stereocenters. The summed E-state index contributed by atoms with van der Waals surface area (Å²) in [6.45, 7) is 0. The first-order valence-corrected chi connectivity index (χ1v) is 5.82. The molecule has 96 valence electrons. The van der Waals surface area contributed by atoms with E-state index in [-0.39, 0.29) is 5.56 Å². The van der Waals surface area contributed by atoms with Gasteiger partial charge in [0.1, 0.15) is 17.6 Å². The number of hydrogen-bond acceptors (Lipinski definition) is 3. The molecule has 0 radical (unpaired) electrons. The molecule has 0 amide bonds. The van der Waals surface area contributed by atoms with Gasteiger partial charge >= 0.3 is 0 Å². The molecule has 0 saturated carbocycles. The van der Waals surface area contributed by atoms with E-state index in [9.17, 15) is 4.39 Å². The Labute approximate surface area is 115 Å². The first-order chi connectivity index (χ1) is 9.13. The van der Waals surface area contributed by atoms with Crippen LogP contribution in [0.15, 0.2) is 36.4 Å². The van der Waals surface area contributed by atoms with Gasteiger partial charge in [0, 0.05) is 6.07 Å². The van der Waals surface area contributed by atoms with Gasteiger partial charge < -0.3 is 10.1 Å². The van der Waals surface area contributed by atoms with Crippen LogP contribution in [0.2, 0.25) is 5.02 Å². The van der Waals surface area contributed by atoms with Crippen LogP contribution < -0.4 is 10.1 Å². The predicted molar refractivity (Wildman–Crippen MR) is 72.4 cm³/mol. The highest BCUT2D eigenvalue weighted by molar-refractivity contribution is 6.33. The van der Waals surface area contributed by atoms with Crippen LogP contribution in [0.4, 0.5) is 15.8 Å². The lowest BCUT2D eigenvalue weighted by Crippen LogP contribution is -1.96. The van der Waals surface area contributed by atoms with E-state index in [1.54, 1.807) is 25.3 Å². The molecule has 0 bridgehead atoms. The first kappa shape index (κ1) is 13.2. The van der Waals surface area contributed by atoms with E-state index in [1.165, 1.54) is 12.1 Å². The second-order valence-electron chi connectivity index (χ2n) is 3.77. The summed E-state index contributed by atoms with van der Waals surface area (Å²) in [4.78, 5) is 0. The van der Waals surface area contributed by atoms with Crippen molar-refractivity contribution in [2.45, 2.75) is 0 Å². The number of methoxy groups -OCH3 is 1. The average Bonchev–Trinajstić information content (AvgIpc) is 2.43. The molecule has 19 heavy (non-hydrogen) atoms. The minimum Gasteiger partial charge on any atom is -0.497 e. The molecule has 2 aromatic carbocycles. The summed E-state index contributed by atoms with van der Waals surface area (Å²) < 4.78 is 18.1. The molecule has 0 aliphatic heterocycles. The van der Waals surface area contributed by atoms with Crippen molar-refractivity contribution < 1.29 is 9.13 Å². The topological polar surface area (TPSA) is 45.0 Å². The minimum atomic E-state index is -0.459. The molecule has 0 aromatic heterocycles. The van der Waals surface area contributed by atoms with Crippen LogP contribution in [0, 0.1) is 17.1 Å². The van der Waals surface area contributed by atoms with Gasteiger partial charge in [0.05, 0.1) is 29.1 Å². The van der Waals surface area contributed by atoms with Gasteiger partial charge in [-0.25, -0.2) is 4.39 Å². The lowest BCUT2D eigenvalue weighted by atomic mass is 10.2. The van der Waals surface area contributed by atoms with E-state index in [1.807, 2.05) is 6.07 Å². The molecule has 0 saturated heterocycles. The summed E-state index contributed by atoms with van der Waals surface area (Å²) in [6, 6.07) is 11.0. The third kappa shape index (κ3) is 2.95. The third-order valence-corrected chi connectivity index (χ3v) is 2.87. The summed E-state index contributed by atoms with van der Waals surface area (Å²) >= 11 is 6.05. The van der Waals surface area contributed by atoms with Gasteiger partial charge in [0.15, 0.2) is 0 Å². The SMILES string of the molecule is COc1ccc(Cl)c(Nc2ccc(F)cc2C#N)c1. The normalized spacial score (nSPS) is 9.79. The summed E-state index contributed by atoms with van der Waals surface area (Å²) in [6.07, 6.45) is 0. The van der Waals surface area contributed by atoms with Gasteiger partial charge in [-0.3, -0.25) is 0 Å². The van der Waals surface area contributed by atoms with E-state index in [2.05, 4.69) is 5.32 Å². The number of ether oxygens (including phenoxy) is 1. The Hall–Kier alpha value is -2.25. The summed E-state index contributed by atoms with van der Waals surface area (Å²) in [7, 11) is 1.55. The maximum absolute atomic E-state index is 13.0. The van der Waals surface area contributed by atoms with Crippen LogP contribution in [-0.2, 0) is 0 Å². The summed E-state index contributed by atoms with van der Waals surface area (Å²) in [5.74, 6) is 0.173. The molecule has 0 unspecified atom stereocenters. The number of hydrogen-bond donors (Lipinski definition) is 1. The monoisotopic (exact) mass is 276 g/mol. The van der Waals surface area contributed by atoms with Crippen molar-refractivity contribution in [3.63, 3.8) is 0 Å². The Morgan fingerprint density at radius 1 is 1.21 bits per heavy atom. The zero-order chi connectivity index (χ0) is 13.8. The Morgan fingerprint density at radius 3 is 2.68 bits per heavy atom. The van der Waals surface area contributed by atoms with Crippen molar-refractivity contribution in [3.05, 3.63) is 52.8 Å². The lowest BCUT2D eigenvalue weighted by Gasteiger charge is -2.11. The lowest BCUT2D eigenvalue weighted by molar-refractivity contribution is 0.415. The number of anilines is 2. The fraction of sp³-hybridized carbons (Fsp3) is 0.0714. The van der Waals surface area contributed by atoms with Gasteiger partial charge in [-0.05, 0) is 30.3 Å². The van der Waals surface area contributed by atoms with E-state index < -0.39 is 5.82 Å². The minimum absolute atomic E-state index is 0.207. The Balaban J connectivity index is 2.39. The molecule has 0 heterocycles. The van der Waals surface area contributed by atoms with Crippen molar-refractivity contribution in [3.8, 4) is 11.8 Å². The van der Waals surface area contributed by atoms with Gasteiger partial charge in [0.2, 0.25) is 0 Å². The Morgan fingerprint density at radius 2 is 2.00 bits per heavy atom. The number of halogens is 2. The molecular weight excluding hydrogens is 267 g/mol. The average molecular weight is 277 g/mol. The molecular formula is C14H10ClFN2O. The van der Waals surface area contributed by atoms with Gasteiger partial charge in [-0.15, -0.1) is 0 Å². The molecule has 2 aromatic rings. The number of nitrogens with zero attached hydrogens (tertiary/aromatic N) is 1. The molecule has 0 aliphatic rings. The van der Waals surface area contributed by atoms with Crippen LogP contribution in [0.3, 0.4) is 0 Å². The van der Waals surface area contributed by atoms with Crippen molar-refractivity contribution in [2.75, 3.05) is 12.4 Å². The quantitative estimate of drug-likeness (QED) is 0.918. The maximum atomic E-state index is 13.0. The molecule has 2 rings (SSSR count). The van der Waals surface area contributed by atoms with Crippen LogP contribution >= 0.6 is 11.6 Å². The van der Waals surface area contributed by atoms with Crippen molar-refractivity contribution in [1.82, 2.24) is 0 Å². The Kier molecular flexibility index (Phi) is 3.88. The largest absolute Gasteiger partial charge is 0.497 e. The molecule has 0 fully saturated rings. The first-order valence-electron chi connectivity index (χ1n) is 5.44. The smallest absolute Gasteiger partial charge is 0.124 e. The highest BCUT2D eigenvalue weighted by Crippen LogP contribution is 2.30. The number of rotatable bonds is 3. The maximum Gasteiger partial charge on any atom is 0.124 e. The summed E-state index contributed by atoms with van der Waals surface area (Å²) in [5, 5.41) is 12.4. The number of benzene rings is 2. The standard InChI is InChI=1S/C14H10ClFN2O/c1-19-11-3-4-12(15)14(7-11)18-13-5-2-10(16)6-9(13)8-17/h2-7,18H,1H3. The number of nitriles is 1. The van der Waals surface area contributed by atoms with E-state index in [4.69, 9.17) is 21.6 Å². The second kappa shape index (κ2) is 5.59. The highest BCUT2D eigenvalue weighted by Gasteiger charge is 2.07. The highest BCUT2D eigenvalue weighted by atomic mass is 35.5.